The largest absolute Gasteiger partial charge is 0.467 e. The smallest absolute Gasteiger partial charge is 0.328 e. The minimum atomic E-state index is -0.497. The molecule has 0 spiro atoms. The van der Waals surface area contributed by atoms with E-state index >= 15 is 0 Å². The summed E-state index contributed by atoms with van der Waals surface area (Å²) in [6, 6.07) is 3.35. The van der Waals surface area contributed by atoms with Crippen molar-refractivity contribution in [1.29, 1.82) is 0 Å². The Balaban J connectivity index is 2.50. The highest BCUT2D eigenvalue weighted by molar-refractivity contribution is 7.71. The van der Waals surface area contributed by atoms with Gasteiger partial charge in [0.2, 0.25) is 0 Å². The topological polar surface area (TPSA) is 59.9 Å². The quantitative estimate of drug-likeness (QED) is 0.686. The number of aromatic nitrogens is 3. The second kappa shape index (κ2) is 4.80. The molecule has 17 heavy (non-hydrogen) atoms. The predicted molar refractivity (Wildman–Crippen MR) is 67.5 cm³/mol. The van der Waals surface area contributed by atoms with Crippen molar-refractivity contribution in [2.24, 2.45) is 0 Å². The van der Waals surface area contributed by atoms with Crippen molar-refractivity contribution in [2.45, 2.75) is 13.0 Å². The fraction of sp³-hybridized carbons (Fsp3) is 0.300. The molecular formula is C10H11N3O2S2. The molecule has 90 valence electrons. The number of ether oxygens (including phenoxy) is 1. The van der Waals surface area contributed by atoms with Crippen LogP contribution in [0.1, 0.15) is 13.0 Å². The van der Waals surface area contributed by atoms with E-state index in [-0.39, 0.29) is 5.97 Å². The van der Waals surface area contributed by atoms with E-state index in [4.69, 9.17) is 17.0 Å². The van der Waals surface area contributed by atoms with Crippen LogP contribution in [0.2, 0.25) is 0 Å². The Morgan fingerprint density at radius 2 is 2.47 bits per heavy atom. The molecule has 0 bridgehead atoms. The molecule has 0 amide bonds. The van der Waals surface area contributed by atoms with Gasteiger partial charge in [0.05, 0.1) is 12.0 Å². The number of hydrogen-bond donors (Lipinski definition) is 1. The van der Waals surface area contributed by atoms with Gasteiger partial charge in [-0.05, 0) is 30.6 Å². The maximum absolute atomic E-state index is 11.6. The molecule has 2 rings (SSSR count). The van der Waals surface area contributed by atoms with E-state index in [2.05, 4.69) is 10.2 Å². The summed E-state index contributed by atoms with van der Waals surface area (Å²) in [5.41, 5.74) is 0. The van der Waals surface area contributed by atoms with Crippen molar-refractivity contribution < 1.29 is 9.53 Å². The van der Waals surface area contributed by atoms with Crippen LogP contribution in [0.5, 0.6) is 0 Å². The van der Waals surface area contributed by atoms with Crippen molar-refractivity contribution >= 4 is 29.5 Å². The SMILES string of the molecule is COC(=O)C(C)n1c(-c2cccs2)n[nH]c1=S. The summed E-state index contributed by atoms with van der Waals surface area (Å²) in [7, 11) is 1.35. The van der Waals surface area contributed by atoms with Gasteiger partial charge in [0, 0.05) is 0 Å². The number of nitrogens with one attached hydrogen (secondary N) is 1. The monoisotopic (exact) mass is 269 g/mol. The van der Waals surface area contributed by atoms with Crippen molar-refractivity contribution in [1.82, 2.24) is 14.8 Å². The van der Waals surface area contributed by atoms with Crippen molar-refractivity contribution in [3.05, 3.63) is 22.3 Å². The third-order valence-electron chi connectivity index (χ3n) is 2.38. The molecule has 0 radical (unpaired) electrons. The van der Waals surface area contributed by atoms with Crippen LogP contribution >= 0.6 is 23.6 Å². The van der Waals surface area contributed by atoms with Gasteiger partial charge in [-0.15, -0.1) is 11.3 Å². The fourth-order valence-electron chi connectivity index (χ4n) is 1.52. The number of aromatic amines is 1. The first kappa shape index (κ1) is 12.0. The molecule has 5 nitrogen and oxygen atoms in total. The summed E-state index contributed by atoms with van der Waals surface area (Å²) in [5, 5.41) is 8.79. The van der Waals surface area contributed by atoms with E-state index in [9.17, 15) is 4.79 Å². The van der Waals surface area contributed by atoms with Gasteiger partial charge in [-0.3, -0.25) is 9.67 Å². The lowest BCUT2D eigenvalue weighted by molar-refractivity contribution is -0.144. The number of carbonyl (C=O) groups excluding carboxylic acids is 1. The number of nitrogens with zero attached hydrogens (tertiary/aromatic N) is 2. The summed E-state index contributed by atoms with van der Waals surface area (Å²) >= 11 is 6.67. The molecule has 0 aliphatic heterocycles. The molecule has 0 aliphatic carbocycles. The number of hydrogen-bond acceptors (Lipinski definition) is 5. The summed E-state index contributed by atoms with van der Waals surface area (Å²) in [4.78, 5) is 12.5. The lowest BCUT2D eigenvalue weighted by Gasteiger charge is -2.12. The minimum Gasteiger partial charge on any atom is -0.467 e. The highest BCUT2D eigenvalue weighted by Gasteiger charge is 2.21. The molecule has 0 aromatic carbocycles. The average molecular weight is 269 g/mol. The maximum Gasteiger partial charge on any atom is 0.328 e. The van der Waals surface area contributed by atoms with Crippen LogP contribution in [0.15, 0.2) is 17.5 Å². The Bertz CT molecular complexity index is 571. The first-order chi connectivity index (χ1) is 8.15. The molecule has 2 aromatic rings. The summed E-state index contributed by atoms with van der Waals surface area (Å²) in [6.07, 6.45) is 0. The van der Waals surface area contributed by atoms with Gasteiger partial charge >= 0.3 is 5.97 Å². The molecule has 1 atom stereocenters. The Kier molecular flexibility index (Phi) is 3.39. The Hall–Kier alpha value is -1.47. The molecule has 0 saturated carbocycles. The normalized spacial score (nSPS) is 12.4. The lowest BCUT2D eigenvalue weighted by Crippen LogP contribution is -2.18. The van der Waals surface area contributed by atoms with E-state index < -0.39 is 6.04 Å². The lowest BCUT2D eigenvalue weighted by atomic mass is 10.3. The van der Waals surface area contributed by atoms with Gasteiger partial charge in [-0.1, -0.05) is 6.07 Å². The second-order valence-corrected chi connectivity index (χ2v) is 4.73. The molecule has 0 saturated heterocycles. The molecule has 2 heterocycles. The highest BCUT2D eigenvalue weighted by Crippen LogP contribution is 2.25. The van der Waals surface area contributed by atoms with E-state index in [0.717, 1.165) is 4.88 Å². The van der Waals surface area contributed by atoms with Crippen LogP contribution in [-0.2, 0) is 9.53 Å². The maximum atomic E-state index is 11.6. The Morgan fingerprint density at radius 1 is 1.71 bits per heavy atom. The predicted octanol–water partition coefficient (Wildman–Crippen LogP) is 2.40. The summed E-state index contributed by atoms with van der Waals surface area (Å²) < 4.78 is 6.79. The second-order valence-electron chi connectivity index (χ2n) is 3.40. The van der Waals surface area contributed by atoms with Crippen molar-refractivity contribution in [3.8, 4) is 10.7 Å². The van der Waals surface area contributed by atoms with Crippen molar-refractivity contribution in [3.63, 3.8) is 0 Å². The molecule has 0 aliphatic rings. The van der Waals surface area contributed by atoms with Gasteiger partial charge in [-0.25, -0.2) is 4.79 Å². The van der Waals surface area contributed by atoms with Gasteiger partial charge in [0.1, 0.15) is 6.04 Å². The first-order valence-corrected chi connectivity index (χ1v) is 6.22. The zero-order chi connectivity index (χ0) is 12.4. The zero-order valence-electron chi connectivity index (χ0n) is 9.34. The molecule has 1 unspecified atom stereocenters. The number of methoxy groups -OCH3 is 1. The number of thiophene rings is 1. The third kappa shape index (κ3) is 2.16. The standard InChI is InChI=1S/C10H11N3O2S2/c1-6(9(14)15-2)13-8(11-12-10(13)16)7-4-3-5-17-7/h3-6H,1-2H3,(H,12,16). The molecule has 0 fully saturated rings. The van der Waals surface area contributed by atoms with Gasteiger partial charge in [0.25, 0.3) is 0 Å². The number of rotatable bonds is 3. The van der Waals surface area contributed by atoms with Crippen LogP contribution in [-0.4, -0.2) is 27.8 Å². The summed E-state index contributed by atoms with van der Waals surface area (Å²) in [5.74, 6) is 0.309. The fourth-order valence-corrected chi connectivity index (χ4v) is 2.52. The molecule has 1 N–H and O–H groups in total. The Labute approximate surface area is 107 Å². The van der Waals surface area contributed by atoms with Crippen LogP contribution in [0.25, 0.3) is 10.7 Å². The van der Waals surface area contributed by atoms with Crippen LogP contribution < -0.4 is 0 Å². The molecule has 2 aromatic heterocycles. The number of carbonyl (C=O) groups is 1. The zero-order valence-corrected chi connectivity index (χ0v) is 11.0. The van der Waals surface area contributed by atoms with Crippen LogP contribution in [0.4, 0.5) is 0 Å². The minimum absolute atomic E-state index is 0.347. The number of esters is 1. The van der Waals surface area contributed by atoms with Gasteiger partial charge in [0.15, 0.2) is 10.6 Å². The molecular weight excluding hydrogens is 258 g/mol. The summed E-state index contributed by atoms with van der Waals surface area (Å²) in [6.45, 7) is 1.73. The Morgan fingerprint density at radius 3 is 3.06 bits per heavy atom. The van der Waals surface area contributed by atoms with E-state index in [0.29, 0.717) is 10.6 Å². The van der Waals surface area contributed by atoms with E-state index in [1.54, 1.807) is 11.5 Å². The average Bonchev–Trinajstić information content (AvgIpc) is 2.95. The molecule has 7 heteroatoms. The third-order valence-corrected chi connectivity index (χ3v) is 3.53. The number of H-pyrrole nitrogens is 1. The van der Waals surface area contributed by atoms with Gasteiger partial charge < -0.3 is 4.74 Å². The first-order valence-electron chi connectivity index (χ1n) is 4.93. The van der Waals surface area contributed by atoms with Gasteiger partial charge in [-0.2, -0.15) is 5.10 Å². The van der Waals surface area contributed by atoms with E-state index in [1.807, 2.05) is 17.5 Å². The van der Waals surface area contributed by atoms with Crippen LogP contribution in [0.3, 0.4) is 0 Å². The highest BCUT2D eigenvalue weighted by atomic mass is 32.1. The van der Waals surface area contributed by atoms with E-state index in [1.165, 1.54) is 18.4 Å². The van der Waals surface area contributed by atoms with Crippen molar-refractivity contribution in [2.75, 3.05) is 7.11 Å². The van der Waals surface area contributed by atoms with Crippen LogP contribution in [0, 0.1) is 4.77 Å².